The lowest BCUT2D eigenvalue weighted by Gasteiger charge is -2.02. The van der Waals surface area contributed by atoms with E-state index in [-0.39, 0.29) is 10.6 Å². The van der Waals surface area contributed by atoms with Gasteiger partial charge in [0.25, 0.3) is 0 Å². The van der Waals surface area contributed by atoms with Gasteiger partial charge in [0.2, 0.25) is 0 Å². The lowest BCUT2D eigenvalue weighted by atomic mass is 10.1. The number of nitrogens with zero attached hydrogens (tertiary/aromatic N) is 1. The van der Waals surface area contributed by atoms with Crippen molar-refractivity contribution >= 4 is 28.5 Å². The number of pyridine rings is 1. The van der Waals surface area contributed by atoms with Crippen LogP contribution in [0.15, 0.2) is 24.4 Å². The van der Waals surface area contributed by atoms with Crippen molar-refractivity contribution in [3.05, 3.63) is 40.8 Å². The molecule has 2 aromatic rings. The fourth-order valence-electron chi connectivity index (χ4n) is 1.28. The van der Waals surface area contributed by atoms with Crippen molar-refractivity contribution in [2.75, 3.05) is 0 Å². The van der Waals surface area contributed by atoms with Crippen LogP contribution in [0.3, 0.4) is 0 Å². The van der Waals surface area contributed by atoms with Crippen LogP contribution in [0.4, 0.5) is 4.39 Å². The monoisotopic (exact) mass is 225 g/mol. The first-order valence-electron chi connectivity index (χ1n) is 4.06. The Morgan fingerprint density at radius 2 is 2.20 bits per heavy atom. The highest BCUT2D eigenvalue weighted by Crippen LogP contribution is 2.26. The topological polar surface area (TPSA) is 50.2 Å². The molecule has 1 heterocycles. The number of halogens is 2. The Morgan fingerprint density at radius 3 is 2.87 bits per heavy atom. The number of carbonyl (C=O) groups is 1. The van der Waals surface area contributed by atoms with Crippen molar-refractivity contribution in [2.24, 2.45) is 0 Å². The number of hydrogen-bond acceptors (Lipinski definition) is 2. The average molecular weight is 226 g/mol. The van der Waals surface area contributed by atoms with Crippen LogP contribution in [0, 0.1) is 5.82 Å². The molecule has 1 aromatic carbocycles. The normalized spacial score (nSPS) is 10.5. The first-order valence-corrected chi connectivity index (χ1v) is 4.44. The highest BCUT2D eigenvalue weighted by molar-refractivity contribution is 6.38. The Morgan fingerprint density at radius 1 is 1.47 bits per heavy atom. The third-order valence-electron chi connectivity index (χ3n) is 1.99. The quantitative estimate of drug-likeness (QED) is 0.812. The molecule has 0 fully saturated rings. The fourth-order valence-corrected chi connectivity index (χ4v) is 1.56. The summed E-state index contributed by atoms with van der Waals surface area (Å²) in [5.41, 5.74) is 0.334. The number of hydrogen-bond donors (Lipinski definition) is 1. The molecule has 0 saturated carbocycles. The molecule has 0 saturated heterocycles. The number of fused-ring (bicyclic) bond motifs is 1. The van der Waals surface area contributed by atoms with Crippen LogP contribution in [0.1, 0.15) is 10.4 Å². The zero-order valence-electron chi connectivity index (χ0n) is 7.37. The zero-order valence-corrected chi connectivity index (χ0v) is 8.12. The number of aromatic nitrogens is 1. The van der Waals surface area contributed by atoms with E-state index in [1.807, 2.05) is 0 Å². The van der Waals surface area contributed by atoms with E-state index >= 15 is 0 Å². The first kappa shape index (κ1) is 9.86. The molecule has 0 aliphatic rings. The molecular formula is C10H5ClFNO2. The van der Waals surface area contributed by atoms with E-state index in [9.17, 15) is 9.18 Å². The van der Waals surface area contributed by atoms with Gasteiger partial charge in [-0.3, -0.25) is 4.98 Å². The molecule has 76 valence electrons. The highest BCUT2D eigenvalue weighted by Gasteiger charge is 2.12. The molecule has 0 aliphatic carbocycles. The smallest absolute Gasteiger partial charge is 0.338 e. The van der Waals surface area contributed by atoms with Gasteiger partial charge in [-0.1, -0.05) is 11.6 Å². The standard InChI is InChI=1S/C10H5ClFNO2/c11-9-6-3-5(12)1-2-8(6)13-4-7(9)10(14)15/h1-4H,(H,14,15). The number of carboxylic acids is 1. The van der Waals surface area contributed by atoms with Gasteiger partial charge in [0, 0.05) is 11.6 Å². The predicted molar refractivity (Wildman–Crippen MR) is 53.7 cm³/mol. The van der Waals surface area contributed by atoms with Gasteiger partial charge in [0.05, 0.1) is 16.1 Å². The summed E-state index contributed by atoms with van der Waals surface area (Å²) in [6, 6.07) is 3.85. The van der Waals surface area contributed by atoms with E-state index in [4.69, 9.17) is 16.7 Å². The van der Waals surface area contributed by atoms with Crippen LogP contribution in [0.25, 0.3) is 10.9 Å². The molecule has 1 aromatic heterocycles. The molecule has 0 radical (unpaired) electrons. The van der Waals surface area contributed by atoms with E-state index < -0.39 is 11.8 Å². The lowest BCUT2D eigenvalue weighted by molar-refractivity contribution is 0.0697. The third kappa shape index (κ3) is 1.64. The highest BCUT2D eigenvalue weighted by atomic mass is 35.5. The van der Waals surface area contributed by atoms with Crippen LogP contribution >= 0.6 is 11.6 Å². The summed E-state index contributed by atoms with van der Waals surface area (Å²) in [6.45, 7) is 0. The SMILES string of the molecule is O=C(O)c1cnc2ccc(F)cc2c1Cl. The predicted octanol–water partition coefficient (Wildman–Crippen LogP) is 2.73. The summed E-state index contributed by atoms with van der Waals surface area (Å²) in [5, 5.41) is 9.09. The molecule has 0 unspecified atom stereocenters. The summed E-state index contributed by atoms with van der Waals surface area (Å²) in [5.74, 6) is -1.66. The molecule has 0 aliphatic heterocycles. The van der Waals surface area contributed by atoms with Crippen molar-refractivity contribution in [3.63, 3.8) is 0 Å². The molecular weight excluding hydrogens is 221 g/mol. The van der Waals surface area contributed by atoms with Crippen molar-refractivity contribution in [3.8, 4) is 0 Å². The fraction of sp³-hybridized carbons (Fsp3) is 0. The van der Waals surface area contributed by atoms with Gasteiger partial charge in [-0.15, -0.1) is 0 Å². The molecule has 0 amide bonds. The Bertz CT molecular complexity index is 556. The van der Waals surface area contributed by atoms with Gasteiger partial charge in [-0.05, 0) is 18.2 Å². The van der Waals surface area contributed by atoms with Crippen LogP contribution in [0.5, 0.6) is 0 Å². The van der Waals surface area contributed by atoms with Crippen molar-refractivity contribution in [2.45, 2.75) is 0 Å². The summed E-state index contributed by atoms with van der Waals surface area (Å²) < 4.78 is 12.9. The summed E-state index contributed by atoms with van der Waals surface area (Å²) in [6.07, 6.45) is 1.16. The maximum atomic E-state index is 12.9. The first-order chi connectivity index (χ1) is 7.09. The molecule has 0 bridgehead atoms. The second kappa shape index (κ2) is 3.47. The van der Waals surface area contributed by atoms with Gasteiger partial charge < -0.3 is 5.11 Å². The Kier molecular flexibility index (Phi) is 2.28. The van der Waals surface area contributed by atoms with Crippen LogP contribution in [-0.2, 0) is 0 Å². The minimum Gasteiger partial charge on any atom is -0.478 e. The number of benzene rings is 1. The minimum atomic E-state index is -1.18. The second-order valence-corrected chi connectivity index (χ2v) is 3.33. The lowest BCUT2D eigenvalue weighted by Crippen LogP contribution is -1.99. The number of carboxylic acid groups (broad SMARTS) is 1. The molecule has 0 spiro atoms. The van der Waals surface area contributed by atoms with E-state index in [2.05, 4.69) is 4.98 Å². The van der Waals surface area contributed by atoms with Crippen LogP contribution in [0.2, 0.25) is 5.02 Å². The van der Waals surface area contributed by atoms with Crippen molar-refractivity contribution in [1.82, 2.24) is 4.98 Å². The van der Waals surface area contributed by atoms with Gasteiger partial charge in [-0.25, -0.2) is 9.18 Å². The summed E-state index contributed by atoms with van der Waals surface area (Å²) >= 11 is 5.82. The summed E-state index contributed by atoms with van der Waals surface area (Å²) in [4.78, 5) is 14.6. The molecule has 0 atom stereocenters. The third-order valence-corrected chi connectivity index (χ3v) is 2.40. The number of rotatable bonds is 1. The maximum Gasteiger partial charge on any atom is 0.338 e. The van der Waals surface area contributed by atoms with Gasteiger partial charge in [0.1, 0.15) is 5.82 Å². The van der Waals surface area contributed by atoms with Crippen molar-refractivity contribution in [1.29, 1.82) is 0 Å². The Labute approximate surface area is 89.1 Å². The second-order valence-electron chi connectivity index (χ2n) is 2.95. The Balaban J connectivity index is 2.82. The van der Waals surface area contributed by atoms with Crippen LogP contribution in [-0.4, -0.2) is 16.1 Å². The van der Waals surface area contributed by atoms with Gasteiger partial charge in [0.15, 0.2) is 0 Å². The van der Waals surface area contributed by atoms with E-state index in [0.717, 1.165) is 12.3 Å². The maximum absolute atomic E-state index is 12.9. The number of aromatic carboxylic acids is 1. The van der Waals surface area contributed by atoms with Crippen LogP contribution < -0.4 is 0 Å². The van der Waals surface area contributed by atoms with E-state index in [1.165, 1.54) is 12.1 Å². The molecule has 2 rings (SSSR count). The molecule has 1 N–H and O–H groups in total. The average Bonchev–Trinajstić information content (AvgIpc) is 2.19. The van der Waals surface area contributed by atoms with Crippen molar-refractivity contribution < 1.29 is 14.3 Å². The molecule has 3 nitrogen and oxygen atoms in total. The Hall–Kier alpha value is -1.68. The zero-order chi connectivity index (χ0) is 11.0. The van der Waals surface area contributed by atoms with E-state index in [0.29, 0.717) is 10.9 Å². The summed E-state index contributed by atoms with van der Waals surface area (Å²) in [7, 11) is 0. The van der Waals surface area contributed by atoms with Gasteiger partial charge in [-0.2, -0.15) is 0 Å². The minimum absolute atomic E-state index is 0.00648. The van der Waals surface area contributed by atoms with Gasteiger partial charge >= 0.3 is 5.97 Å². The molecule has 15 heavy (non-hydrogen) atoms. The largest absolute Gasteiger partial charge is 0.478 e. The van der Waals surface area contributed by atoms with E-state index in [1.54, 1.807) is 0 Å². The molecule has 5 heteroatoms.